The first-order valence-electron chi connectivity index (χ1n) is 5.75. The molecule has 0 bridgehead atoms. The van der Waals surface area contributed by atoms with E-state index in [1.807, 2.05) is 0 Å². The van der Waals surface area contributed by atoms with Gasteiger partial charge >= 0.3 is 0 Å². The van der Waals surface area contributed by atoms with Crippen molar-refractivity contribution in [3.8, 4) is 0 Å². The van der Waals surface area contributed by atoms with Gasteiger partial charge in [-0.1, -0.05) is 20.8 Å². The van der Waals surface area contributed by atoms with Gasteiger partial charge in [0.05, 0.1) is 11.9 Å². The van der Waals surface area contributed by atoms with Crippen molar-refractivity contribution in [2.24, 2.45) is 5.73 Å². The smallest absolute Gasteiger partial charge is 0.110 e. The molecule has 1 atom stereocenters. The molecule has 2 rings (SSSR count). The first kappa shape index (κ1) is 10.7. The van der Waals surface area contributed by atoms with Crippen LogP contribution in [0.5, 0.6) is 0 Å². The SMILES string of the molecule is Cc1c(C(C)(C)C)nc2n1C(N)CCC2. The van der Waals surface area contributed by atoms with E-state index in [1.165, 1.54) is 23.6 Å². The molecule has 0 fully saturated rings. The van der Waals surface area contributed by atoms with Crippen LogP contribution in [0.25, 0.3) is 0 Å². The fourth-order valence-corrected chi connectivity index (χ4v) is 2.50. The van der Waals surface area contributed by atoms with Gasteiger partial charge in [-0.25, -0.2) is 4.98 Å². The van der Waals surface area contributed by atoms with Crippen LogP contribution in [0.15, 0.2) is 0 Å². The van der Waals surface area contributed by atoms with Gasteiger partial charge < -0.3 is 10.3 Å². The number of imidazole rings is 1. The van der Waals surface area contributed by atoms with E-state index in [-0.39, 0.29) is 11.6 Å². The number of nitrogens with two attached hydrogens (primary N) is 1. The van der Waals surface area contributed by atoms with E-state index in [0.717, 1.165) is 12.8 Å². The predicted molar refractivity (Wildman–Crippen MR) is 61.8 cm³/mol. The van der Waals surface area contributed by atoms with E-state index in [9.17, 15) is 0 Å². The fraction of sp³-hybridized carbons (Fsp3) is 0.750. The number of hydrogen-bond donors (Lipinski definition) is 1. The predicted octanol–water partition coefficient (Wildman–Crippen LogP) is 2.28. The quantitative estimate of drug-likeness (QED) is 0.709. The van der Waals surface area contributed by atoms with Crippen molar-refractivity contribution in [1.82, 2.24) is 9.55 Å². The van der Waals surface area contributed by atoms with Crippen molar-refractivity contribution in [2.75, 3.05) is 0 Å². The second-order valence-electron chi connectivity index (χ2n) is 5.54. The fourth-order valence-electron chi connectivity index (χ4n) is 2.50. The summed E-state index contributed by atoms with van der Waals surface area (Å²) >= 11 is 0. The summed E-state index contributed by atoms with van der Waals surface area (Å²) in [5, 5.41) is 0. The van der Waals surface area contributed by atoms with Crippen molar-refractivity contribution in [3.05, 3.63) is 17.2 Å². The number of aryl methyl sites for hydroxylation is 1. The Morgan fingerprint density at radius 1 is 1.40 bits per heavy atom. The maximum atomic E-state index is 6.13. The number of hydrogen-bond acceptors (Lipinski definition) is 2. The lowest BCUT2D eigenvalue weighted by molar-refractivity contribution is 0.401. The van der Waals surface area contributed by atoms with Gasteiger partial charge in [0.2, 0.25) is 0 Å². The third-order valence-electron chi connectivity index (χ3n) is 3.17. The van der Waals surface area contributed by atoms with E-state index >= 15 is 0 Å². The number of fused-ring (bicyclic) bond motifs is 1. The topological polar surface area (TPSA) is 43.8 Å². The molecule has 0 radical (unpaired) electrons. The number of aromatic nitrogens is 2. The first-order valence-corrected chi connectivity index (χ1v) is 5.75. The molecule has 0 saturated carbocycles. The Hall–Kier alpha value is -0.830. The highest BCUT2D eigenvalue weighted by atomic mass is 15.2. The van der Waals surface area contributed by atoms with Crippen LogP contribution in [0, 0.1) is 6.92 Å². The minimum absolute atomic E-state index is 0.119. The van der Waals surface area contributed by atoms with Crippen LogP contribution >= 0.6 is 0 Å². The van der Waals surface area contributed by atoms with Gasteiger partial charge in [-0.05, 0) is 19.8 Å². The molecule has 3 nitrogen and oxygen atoms in total. The summed E-state index contributed by atoms with van der Waals surface area (Å²) in [5.41, 5.74) is 8.70. The zero-order valence-electron chi connectivity index (χ0n) is 10.2. The highest BCUT2D eigenvalue weighted by molar-refractivity contribution is 5.24. The Bertz CT molecular complexity index is 371. The molecule has 15 heavy (non-hydrogen) atoms. The van der Waals surface area contributed by atoms with E-state index in [1.54, 1.807) is 0 Å². The highest BCUT2D eigenvalue weighted by Crippen LogP contribution is 2.30. The highest BCUT2D eigenvalue weighted by Gasteiger charge is 2.27. The Labute approximate surface area is 91.7 Å². The maximum Gasteiger partial charge on any atom is 0.110 e. The molecule has 0 aliphatic carbocycles. The van der Waals surface area contributed by atoms with Crippen LogP contribution in [-0.2, 0) is 11.8 Å². The van der Waals surface area contributed by atoms with Gasteiger partial charge in [0.25, 0.3) is 0 Å². The number of nitrogens with zero attached hydrogens (tertiary/aromatic N) is 2. The van der Waals surface area contributed by atoms with Crippen LogP contribution in [0.4, 0.5) is 0 Å². The Morgan fingerprint density at radius 2 is 2.07 bits per heavy atom. The molecule has 0 spiro atoms. The molecule has 1 aliphatic rings. The maximum absolute atomic E-state index is 6.13. The van der Waals surface area contributed by atoms with E-state index in [2.05, 4.69) is 32.3 Å². The van der Waals surface area contributed by atoms with Gasteiger partial charge in [-0.15, -0.1) is 0 Å². The average molecular weight is 207 g/mol. The molecule has 1 unspecified atom stereocenters. The zero-order chi connectivity index (χ0) is 11.2. The van der Waals surface area contributed by atoms with Crippen molar-refractivity contribution >= 4 is 0 Å². The van der Waals surface area contributed by atoms with Crippen molar-refractivity contribution in [1.29, 1.82) is 0 Å². The minimum atomic E-state index is 0.119. The summed E-state index contributed by atoms with van der Waals surface area (Å²) in [6.45, 7) is 8.77. The first-order chi connectivity index (χ1) is 6.91. The molecule has 0 saturated heterocycles. The summed E-state index contributed by atoms with van der Waals surface area (Å²) in [6.07, 6.45) is 3.46. The summed E-state index contributed by atoms with van der Waals surface area (Å²) in [5.74, 6) is 1.18. The van der Waals surface area contributed by atoms with Crippen molar-refractivity contribution in [3.63, 3.8) is 0 Å². The second-order valence-corrected chi connectivity index (χ2v) is 5.54. The lowest BCUT2D eigenvalue weighted by Crippen LogP contribution is -2.26. The molecule has 2 N–H and O–H groups in total. The monoisotopic (exact) mass is 207 g/mol. The Kier molecular flexibility index (Phi) is 2.38. The van der Waals surface area contributed by atoms with Gasteiger partial charge in [-0.3, -0.25) is 0 Å². The molecule has 1 aliphatic heterocycles. The molecular formula is C12H21N3. The summed E-state index contributed by atoms with van der Waals surface area (Å²) < 4.78 is 2.23. The van der Waals surface area contributed by atoms with E-state index in [4.69, 9.17) is 10.7 Å². The molecular weight excluding hydrogens is 186 g/mol. The lowest BCUT2D eigenvalue weighted by Gasteiger charge is -2.23. The Balaban J connectivity index is 2.53. The molecule has 3 heteroatoms. The van der Waals surface area contributed by atoms with E-state index in [0.29, 0.717) is 0 Å². The van der Waals surface area contributed by atoms with Crippen LogP contribution in [0.3, 0.4) is 0 Å². The summed E-state index contributed by atoms with van der Waals surface area (Å²) in [4.78, 5) is 4.75. The lowest BCUT2D eigenvalue weighted by atomic mass is 9.91. The summed E-state index contributed by atoms with van der Waals surface area (Å²) in [6, 6.07) is 0. The van der Waals surface area contributed by atoms with Gasteiger partial charge in [-0.2, -0.15) is 0 Å². The Morgan fingerprint density at radius 3 is 2.60 bits per heavy atom. The standard InChI is InChI=1S/C12H21N3/c1-8-11(12(2,3)4)14-10-7-5-6-9(13)15(8)10/h9H,5-7,13H2,1-4H3. The zero-order valence-corrected chi connectivity index (χ0v) is 10.2. The molecule has 0 aromatic carbocycles. The minimum Gasteiger partial charge on any atom is -0.316 e. The van der Waals surface area contributed by atoms with Crippen molar-refractivity contribution < 1.29 is 0 Å². The van der Waals surface area contributed by atoms with Crippen molar-refractivity contribution in [2.45, 2.75) is 58.5 Å². The molecule has 1 aromatic heterocycles. The van der Waals surface area contributed by atoms with Crippen LogP contribution < -0.4 is 5.73 Å². The molecule has 0 amide bonds. The molecule has 84 valence electrons. The normalized spacial score (nSPS) is 21.5. The van der Waals surface area contributed by atoms with Gasteiger partial charge in [0, 0.05) is 17.5 Å². The van der Waals surface area contributed by atoms with Gasteiger partial charge in [0.15, 0.2) is 0 Å². The second kappa shape index (κ2) is 3.34. The summed E-state index contributed by atoms with van der Waals surface area (Å²) in [7, 11) is 0. The molecule has 2 heterocycles. The average Bonchev–Trinajstić information content (AvgIpc) is 2.44. The van der Waals surface area contributed by atoms with Gasteiger partial charge in [0.1, 0.15) is 5.82 Å². The number of rotatable bonds is 0. The van der Waals surface area contributed by atoms with Crippen LogP contribution in [-0.4, -0.2) is 9.55 Å². The van der Waals surface area contributed by atoms with E-state index < -0.39 is 0 Å². The van der Waals surface area contributed by atoms with Crippen LogP contribution in [0.2, 0.25) is 0 Å². The molecule has 1 aromatic rings. The third kappa shape index (κ3) is 1.69. The third-order valence-corrected chi connectivity index (χ3v) is 3.17. The van der Waals surface area contributed by atoms with Crippen LogP contribution in [0.1, 0.15) is 57.0 Å². The largest absolute Gasteiger partial charge is 0.316 e.